The average Bonchev–Trinajstić information content (AvgIpc) is 2.82. The van der Waals surface area contributed by atoms with Crippen LogP contribution >= 0.6 is 0 Å². The number of ether oxygens (including phenoxy) is 1. The lowest BCUT2D eigenvalue weighted by molar-refractivity contribution is -0.117. The van der Waals surface area contributed by atoms with Gasteiger partial charge in [-0.3, -0.25) is 9.69 Å². The summed E-state index contributed by atoms with van der Waals surface area (Å²) in [6, 6.07) is 4.84. The first-order valence-electron chi connectivity index (χ1n) is 12.9. The van der Waals surface area contributed by atoms with Crippen LogP contribution in [0.2, 0.25) is 0 Å². The van der Waals surface area contributed by atoms with Crippen molar-refractivity contribution in [1.82, 2.24) is 14.1 Å². The van der Waals surface area contributed by atoms with Crippen LogP contribution in [0.1, 0.15) is 52.9 Å². The molecule has 1 saturated carbocycles. The number of hydrogen-bond donors (Lipinski definition) is 1. The molecule has 34 heavy (non-hydrogen) atoms. The zero-order valence-corrected chi connectivity index (χ0v) is 21.9. The molecule has 0 spiro atoms. The van der Waals surface area contributed by atoms with Crippen molar-refractivity contribution in [1.29, 1.82) is 0 Å². The van der Waals surface area contributed by atoms with Crippen molar-refractivity contribution in [2.24, 2.45) is 5.92 Å². The van der Waals surface area contributed by atoms with E-state index in [0.29, 0.717) is 37.7 Å². The zero-order valence-electron chi connectivity index (χ0n) is 21.1. The SMILES string of the molecule is CCOc1ccc(NC(=O)CN2CCN(CC3CCCCC3)CC2)cc1S(=O)(=O)N(CC)CC. The molecule has 1 amide bonds. The molecule has 8 nitrogen and oxygen atoms in total. The molecule has 3 rings (SSSR count). The summed E-state index contributed by atoms with van der Waals surface area (Å²) < 4.78 is 33.2. The van der Waals surface area contributed by atoms with Crippen molar-refractivity contribution in [3.05, 3.63) is 18.2 Å². The van der Waals surface area contributed by atoms with Gasteiger partial charge in [0.25, 0.3) is 0 Å². The van der Waals surface area contributed by atoms with Crippen LogP contribution in [0.4, 0.5) is 5.69 Å². The van der Waals surface area contributed by atoms with Crippen LogP contribution in [0.25, 0.3) is 0 Å². The molecule has 1 aromatic carbocycles. The van der Waals surface area contributed by atoms with E-state index in [9.17, 15) is 13.2 Å². The molecule has 0 unspecified atom stereocenters. The summed E-state index contributed by atoms with van der Waals surface area (Å²) in [5.41, 5.74) is 0.468. The van der Waals surface area contributed by atoms with Crippen molar-refractivity contribution < 1.29 is 17.9 Å². The normalized spacial score (nSPS) is 18.8. The number of nitrogens with zero attached hydrogens (tertiary/aromatic N) is 3. The molecule has 1 heterocycles. The molecule has 2 fully saturated rings. The van der Waals surface area contributed by atoms with Gasteiger partial charge < -0.3 is 15.0 Å². The van der Waals surface area contributed by atoms with Crippen LogP contribution in [0.3, 0.4) is 0 Å². The van der Waals surface area contributed by atoms with Crippen LogP contribution in [0.5, 0.6) is 5.75 Å². The van der Waals surface area contributed by atoms with Gasteiger partial charge in [-0.25, -0.2) is 8.42 Å². The quantitative estimate of drug-likeness (QED) is 0.509. The smallest absolute Gasteiger partial charge is 0.246 e. The number of piperazine rings is 1. The summed E-state index contributed by atoms with van der Waals surface area (Å²) in [6.45, 7) is 11.8. The van der Waals surface area contributed by atoms with Crippen molar-refractivity contribution in [2.45, 2.75) is 57.8 Å². The van der Waals surface area contributed by atoms with Crippen molar-refractivity contribution in [3.8, 4) is 5.75 Å². The zero-order chi connectivity index (χ0) is 24.6. The fraction of sp³-hybridized carbons (Fsp3) is 0.720. The summed E-state index contributed by atoms with van der Waals surface area (Å²) >= 11 is 0. The number of hydrogen-bond acceptors (Lipinski definition) is 6. The van der Waals surface area contributed by atoms with E-state index in [1.807, 2.05) is 20.8 Å². The van der Waals surface area contributed by atoms with Gasteiger partial charge in [0.1, 0.15) is 10.6 Å². The molecule has 1 aliphatic carbocycles. The van der Waals surface area contributed by atoms with E-state index in [1.54, 1.807) is 12.1 Å². The topological polar surface area (TPSA) is 82.2 Å². The summed E-state index contributed by atoms with van der Waals surface area (Å²) in [5.74, 6) is 1.02. The Bertz CT molecular complexity index is 890. The van der Waals surface area contributed by atoms with Crippen LogP contribution in [0, 0.1) is 5.92 Å². The highest BCUT2D eigenvalue weighted by atomic mass is 32.2. The van der Waals surface area contributed by atoms with Gasteiger partial charge in [0, 0.05) is 51.5 Å². The molecular formula is C25H42N4O4S. The molecule has 1 aliphatic heterocycles. The molecule has 0 aromatic heterocycles. The van der Waals surface area contributed by atoms with Gasteiger partial charge in [0.05, 0.1) is 13.2 Å². The Hall–Kier alpha value is -1.68. The Morgan fingerprint density at radius 2 is 1.68 bits per heavy atom. The van der Waals surface area contributed by atoms with E-state index in [0.717, 1.165) is 32.1 Å². The van der Waals surface area contributed by atoms with Crippen molar-refractivity contribution in [2.75, 3.05) is 64.3 Å². The second kappa shape index (κ2) is 12.9. The number of amides is 1. The number of carbonyl (C=O) groups is 1. The highest BCUT2D eigenvalue weighted by Gasteiger charge is 2.27. The predicted octanol–water partition coefficient (Wildman–Crippen LogP) is 3.25. The minimum Gasteiger partial charge on any atom is -0.492 e. The summed E-state index contributed by atoms with van der Waals surface area (Å²) in [5, 5.41) is 2.89. The van der Waals surface area contributed by atoms with E-state index >= 15 is 0 Å². The highest BCUT2D eigenvalue weighted by Crippen LogP contribution is 2.30. The van der Waals surface area contributed by atoms with E-state index in [1.165, 1.54) is 49.0 Å². The molecule has 0 radical (unpaired) electrons. The number of anilines is 1. The number of carbonyl (C=O) groups excluding carboxylic acids is 1. The van der Waals surface area contributed by atoms with Crippen LogP contribution in [0.15, 0.2) is 23.1 Å². The van der Waals surface area contributed by atoms with E-state index in [-0.39, 0.29) is 10.8 Å². The average molecular weight is 495 g/mol. The molecule has 0 bridgehead atoms. The third-order valence-corrected chi connectivity index (χ3v) is 8.99. The first-order valence-corrected chi connectivity index (χ1v) is 14.3. The third-order valence-electron chi connectivity index (χ3n) is 6.92. The predicted molar refractivity (Wildman–Crippen MR) is 136 cm³/mol. The minimum atomic E-state index is -3.72. The van der Waals surface area contributed by atoms with Gasteiger partial charge in [0.2, 0.25) is 15.9 Å². The lowest BCUT2D eigenvalue weighted by Gasteiger charge is -2.37. The second-order valence-electron chi connectivity index (χ2n) is 9.31. The molecule has 1 saturated heterocycles. The van der Waals surface area contributed by atoms with Gasteiger partial charge in [0.15, 0.2) is 0 Å². The minimum absolute atomic E-state index is 0.0900. The maximum absolute atomic E-state index is 13.1. The lowest BCUT2D eigenvalue weighted by atomic mass is 9.89. The number of benzene rings is 1. The Balaban J connectivity index is 1.57. The van der Waals surface area contributed by atoms with Crippen LogP contribution < -0.4 is 10.1 Å². The largest absolute Gasteiger partial charge is 0.492 e. The first kappa shape index (κ1) is 26.9. The highest BCUT2D eigenvalue weighted by molar-refractivity contribution is 7.89. The maximum Gasteiger partial charge on any atom is 0.246 e. The molecule has 1 aromatic rings. The fourth-order valence-electron chi connectivity index (χ4n) is 5.03. The summed E-state index contributed by atoms with van der Waals surface area (Å²) in [6.07, 6.45) is 6.84. The van der Waals surface area contributed by atoms with E-state index in [4.69, 9.17) is 4.74 Å². The first-order chi connectivity index (χ1) is 16.4. The van der Waals surface area contributed by atoms with Gasteiger partial charge in [-0.05, 0) is 43.9 Å². The Kier molecular flexibility index (Phi) is 10.2. The Morgan fingerprint density at radius 1 is 1.03 bits per heavy atom. The molecule has 1 N–H and O–H groups in total. The van der Waals surface area contributed by atoms with Crippen LogP contribution in [-0.4, -0.2) is 87.4 Å². The van der Waals surface area contributed by atoms with Gasteiger partial charge in [-0.15, -0.1) is 0 Å². The monoisotopic (exact) mass is 494 g/mol. The lowest BCUT2D eigenvalue weighted by Crippen LogP contribution is -2.49. The fourth-order valence-corrected chi connectivity index (χ4v) is 6.65. The summed E-state index contributed by atoms with van der Waals surface area (Å²) in [7, 11) is -3.72. The van der Waals surface area contributed by atoms with E-state index in [2.05, 4.69) is 15.1 Å². The van der Waals surface area contributed by atoms with Crippen molar-refractivity contribution >= 4 is 21.6 Å². The maximum atomic E-state index is 13.1. The number of sulfonamides is 1. The molecule has 9 heteroatoms. The third kappa shape index (κ3) is 7.16. The second-order valence-corrected chi connectivity index (χ2v) is 11.2. The van der Waals surface area contributed by atoms with Crippen LogP contribution in [-0.2, 0) is 14.8 Å². The van der Waals surface area contributed by atoms with Crippen molar-refractivity contribution in [3.63, 3.8) is 0 Å². The molecule has 0 atom stereocenters. The molecular weight excluding hydrogens is 452 g/mol. The number of nitrogens with one attached hydrogen (secondary N) is 1. The standard InChI is InChI=1S/C25H42N4O4S/c1-4-29(5-2)34(31,32)24-18-22(12-13-23(24)33-6-3)26-25(30)20-28-16-14-27(15-17-28)19-21-10-8-7-9-11-21/h12-13,18,21H,4-11,14-17,19-20H2,1-3H3,(H,26,30). The van der Waals surface area contributed by atoms with E-state index < -0.39 is 10.0 Å². The summed E-state index contributed by atoms with van der Waals surface area (Å²) in [4.78, 5) is 17.5. The van der Waals surface area contributed by atoms with Gasteiger partial charge in [-0.1, -0.05) is 33.1 Å². The van der Waals surface area contributed by atoms with Gasteiger partial charge in [-0.2, -0.15) is 4.31 Å². The Labute approximate surface area is 205 Å². The van der Waals surface area contributed by atoms with Gasteiger partial charge >= 0.3 is 0 Å². The number of rotatable bonds is 11. The molecule has 192 valence electrons. The Morgan fingerprint density at radius 3 is 2.29 bits per heavy atom. The molecule has 2 aliphatic rings.